The molecule has 0 saturated carbocycles. The van der Waals surface area contributed by atoms with E-state index in [-0.39, 0.29) is 5.56 Å². The van der Waals surface area contributed by atoms with Crippen LogP contribution in [0.25, 0.3) is 0 Å². The van der Waals surface area contributed by atoms with Crippen molar-refractivity contribution in [3.8, 4) is 11.5 Å². The Hall–Kier alpha value is -2.27. The smallest absolute Gasteiger partial charge is 0.250 e. The zero-order chi connectivity index (χ0) is 15.1. The van der Waals surface area contributed by atoms with Gasteiger partial charge in [-0.05, 0) is 30.8 Å². The van der Waals surface area contributed by atoms with Crippen LogP contribution in [0.4, 0.5) is 0 Å². The standard InChI is InChI=1S/C16H20N2O3/c1-17-12-13-6-7-14(20-2)15(11-13)21-10-9-18-8-4-3-5-16(18)19/h3-8,11,17H,9-10,12H2,1-2H3. The number of nitrogens with zero attached hydrogens (tertiary/aromatic N) is 1. The summed E-state index contributed by atoms with van der Waals surface area (Å²) in [7, 11) is 3.51. The normalized spacial score (nSPS) is 10.4. The quantitative estimate of drug-likeness (QED) is 0.842. The van der Waals surface area contributed by atoms with Gasteiger partial charge >= 0.3 is 0 Å². The van der Waals surface area contributed by atoms with Gasteiger partial charge in [0.1, 0.15) is 6.61 Å². The lowest BCUT2D eigenvalue weighted by Gasteiger charge is -2.13. The fraction of sp³-hybridized carbons (Fsp3) is 0.312. The van der Waals surface area contributed by atoms with Crippen LogP contribution >= 0.6 is 0 Å². The molecule has 0 aliphatic carbocycles. The molecule has 1 aromatic heterocycles. The molecule has 1 aromatic carbocycles. The van der Waals surface area contributed by atoms with Crippen LogP contribution < -0.4 is 20.3 Å². The first-order valence-corrected chi connectivity index (χ1v) is 6.84. The van der Waals surface area contributed by atoms with Gasteiger partial charge in [-0.25, -0.2) is 0 Å². The van der Waals surface area contributed by atoms with Crippen LogP contribution in [0.2, 0.25) is 0 Å². The fourth-order valence-electron chi connectivity index (χ4n) is 2.05. The van der Waals surface area contributed by atoms with Gasteiger partial charge in [-0.3, -0.25) is 4.79 Å². The Morgan fingerprint density at radius 1 is 1.19 bits per heavy atom. The highest BCUT2D eigenvalue weighted by Gasteiger charge is 2.06. The molecule has 0 atom stereocenters. The molecule has 112 valence electrons. The van der Waals surface area contributed by atoms with Crippen LogP contribution in [0, 0.1) is 0 Å². The van der Waals surface area contributed by atoms with Gasteiger partial charge in [0.2, 0.25) is 0 Å². The minimum Gasteiger partial charge on any atom is -0.493 e. The Kier molecular flexibility index (Phi) is 5.40. The monoisotopic (exact) mass is 288 g/mol. The van der Waals surface area contributed by atoms with E-state index in [9.17, 15) is 4.79 Å². The molecular weight excluding hydrogens is 268 g/mol. The lowest BCUT2D eigenvalue weighted by molar-refractivity contribution is 0.278. The number of methoxy groups -OCH3 is 1. The van der Waals surface area contributed by atoms with Gasteiger partial charge in [-0.2, -0.15) is 0 Å². The van der Waals surface area contributed by atoms with Crippen molar-refractivity contribution in [1.29, 1.82) is 0 Å². The summed E-state index contributed by atoms with van der Waals surface area (Å²) < 4.78 is 12.7. The van der Waals surface area contributed by atoms with Gasteiger partial charge in [0.25, 0.3) is 5.56 Å². The van der Waals surface area contributed by atoms with E-state index in [1.807, 2.05) is 31.3 Å². The Labute approximate surface area is 124 Å². The van der Waals surface area contributed by atoms with Gasteiger partial charge in [-0.1, -0.05) is 12.1 Å². The summed E-state index contributed by atoms with van der Waals surface area (Å²) in [5, 5.41) is 3.10. The molecule has 2 rings (SSSR count). The van der Waals surface area contributed by atoms with Crippen molar-refractivity contribution in [2.24, 2.45) is 0 Å². The maximum atomic E-state index is 11.6. The highest BCUT2D eigenvalue weighted by atomic mass is 16.5. The zero-order valence-corrected chi connectivity index (χ0v) is 12.3. The molecule has 21 heavy (non-hydrogen) atoms. The van der Waals surface area contributed by atoms with E-state index in [1.54, 1.807) is 23.9 Å². The summed E-state index contributed by atoms with van der Waals surface area (Å²) in [6.07, 6.45) is 1.75. The topological polar surface area (TPSA) is 52.5 Å². The molecule has 1 heterocycles. The molecule has 0 aliphatic heterocycles. The molecule has 0 bridgehead atoms. The number of ether oxygens (including phenoxy) is 2. The van der Waals surface area contributed by atoms with E-state index in [2.05, 4.69) is 5.32 Å². The molecule has 2 aromatic rings. The number of nitrogens with one attached hydrogen (secondary N) is 1. The predicted molar refractivity (Wildman–Crippen MR) is 82.0 cm³/mol. The Morgan fingerprint density at radius 3 is 2.76 bits per heavy atom. The molecule has 5 heteroatoms. The van der Waals surface area contributed by atoms with Crippen LogP contribution in [0.1, 0.15) is 5.56 Å². The number of aromatic nitrogens is 1. The third kappa shape index (κ3) is 4.10. The third-order valence-corrected chi connectivity index (χ3v) is 3.10. The average molecular weight is 288 g/mol. The summed E-state index contributed by atoms with van der Waals surface area (Å²) >= 11 is 0. The van der Waals surface area contributed by atoms with Gasteiger partial charge in [-0.15, -0.1) is 0 Å². The van der Waals surface area contributed by atoms with Crippen molar-refractivity contribution in [3.63, 3.8) is 0 Å². The largest absolute Gasteiger partial charge is 0.493 e. The molecule has 5 nitrogen and oxygen atoms in total. The SMILES string of the molecule is CNCc1ccc(OC)c(OCCn2ccccc2=O)c1. The second-order valence-corrected chi connectivity index (χ2v) is 4.60. The Balaban J connectivity index is 2.03. The minimum absolute atomic E-state index is 0.0306. The molecule has 0 spiro atoms. The molecule has 0 radical (unpaired) electrons. The van der Waals surface area contributed by atoms with Crippen LogP contribution in [-0.4, -0.2) is 25.3 Å². The van der Waals surface area contributed by atoms with Gasteiger partial charge in [0, 0.05) is 18.8 Å². The van der Waals surface area contributed by atoms with Gasteiger partial charge in [0.15, 0.2) is 11.5 Å². The molecule has 0 aliphatic rings. The summed E-state index contributed by atoms with van der Waals surface area (Å²) in [6.45, 7) is 1.67. The van der Waals surface area contributed by atoms with Crippen molar-refractivity contribution < 1.29 is 9.47 Å². The van der Waals surface area contributed by atoms with Crippen molar-refractivity contribution in [2.45, 2.75) is 13.1 Å². The van der Waals surface area contributed by atoms with E-state index >= 15 is 0 Å². The van der Waals surface area contributed by atoms with Crippen molar-refractivity contribution in [2.75, 3.05) is 20.8 Å². The third-order valence-electron chi connectivity index (χ3n) is 3.10. The Morgan fingerprint density at radius 2 is 2.05 bits per heavy atom. The van der Waals surface area contributed by atoms with E-state index < -0.39 is 0 Å². The van der Waals surface area contributed by atoms with E-state index in [4.69, 9.17) is 9.47 Å². The number of rotatable bonds is 7. The highest BCUT2D eigenvalue weighted by molar-refractivity contribution is 5.42. The minimum atomic E-state index is -0.0306. The average Bonchev–Trinajstić information content (AvgIpc) is 2.50. The first-order valence-electron chi connectivity index (χ1n) is 6.84. The molecule has 0 saturated heterocycles. The molecule has 0 unspecified atom stereocenters. The van der Waals surface area contributed by atoms with Crippen molar-refractivity contribution in [3.05, 3.63) is 58.5 Å². The predicted octanol–water partition coefficient (Wildman–Crippen LogP) is 1.66. The molecule has 0 fully saturated rings. The Bertz CT molecular complexity index is 637. The summed E-state index contributed by atoms with van der Waals surface area (Å²) in [4.78, 5) is 11.6. The summed E-state index contributed by atoms with van der Waals surface area (Å²) in [5.74, 6) is 1.38. The first kappa shape index (κ1) is 15.1. The highest BCUT2D eigenvalue weighted by Crippen LogP contribution is 2.28. The second-order valence-electron chi connectivity index (χ2n) is 4.60. The molecular formula is C16H20N2O3. The number of pyridine rings is 1. The lowest BCUT2D eigenvalue weighted by Crippen LogP contribution is -2.21. The van der Waals surface area contributed by atoms with Crippen LogP contribution in [-0.2, 0) is 13.1 Å². The lowest BCUT2D eigenvalue weighted by atomic mass is 10.2. The van der Waals surface area contributed by atoms with Crippen LogP contribution in [0.5, 0.6) is 11.5 Å². The fourth-order valence-corrected chi connectivity index (χ4v) is 2.05. The molecule has 0 amide bonds. The number of hydrogen-bond acceptors (Lipinski definition) is 4. The molecule has 1 N–H and O–H groups in total. The summed E-state index contributed by atoms with van der Waals surface area (Å²) in [6, 6.07) is 10.9. The van der Waals surface area contributed by atoms with Gasteiger partial charge in [0.05, 0.1) is 13.7 Å². The second kappa shape index (κ2) is 7.50. The van der Waals surface area contributed by atoms with Crippen LogP contribution in [0.15, 0.2) is 47.4 Å². The maximum Gasteiger partial charge on any atom is 0.250 e. The van der Waals surface area contributed by atoms with E-state index in [0.717, 1.165) is 12.1 Å². The van der Waals surface area contributed by atoms with Crippen molar-refractivity contribution >= 4 is 0 Å². The zero-order valence-electron chi connectivity index (χ0n) is 12.3. The first-order chi connectivity index (χ1) is 10.2. The summed E-state index contributed by atoms with van der Waals surface area (Å²) in [5.41, 5.74) is 1.09. The van der Waals surface area contributed by atoms with E-state index in [0.29, 0.717) is 24.7 Å². The van der Waals surface area contributed by atoms with Crippen LogP contribution in [0.3, 0.4) is 0 Å². The van der Waals surface area contributed by atoms with E-state index in [1.165, 1.54) is 6.07 Å². The van der Waals surface area contributed by atoms with Crippen molar-refractivity contribution in [1.82, 2.24) is 9.88 Å². The number of hydrogen-bond donors (Lipinski definition) is 1. The van der Waals surface area contributed by atoms with Gasteiger partial charge < -0.3 is 19.4 Å². The number of benzene rings is 1. The maximum absolute atomic E-state index is 11.6.